The van der Waals surface area contributed by atoms with Crippen LogP contribution < -0.4 is 10.2 Å². The lowest BCUT2D eigenvalue weighted by molar-refractivity contribution is 0.0592. The molecule has 2 aliphatic rings. The molecule has 1 unspecified atom stereocenters. The summed E-state index contributed by atoms with van der Waals surface area (Å²) in [6, 6.07) is 4.17. The predicted molar refractivity (Wildman–Crippen MR) is 79.3 cm³/mol. The second kappa shape index (κ2) is 6.39. The monoisotopic (exact) mass is 290 g/mol. The van der Waals surface area contributed by atoms with Gasteiger partial charge in [-0.2, -0.15) is 0 Å². The van der Waals surface area contributed by atoms with E-state index in [1.54, 1.807) is 6.07 Å². The van der Waals surface area contributed by atoms with Gasteiger partial charge in [0.15, 0.2) is 11.5 Å². The van der Waals surface area contributed by atoms with Crippen LogP contribution in [0.1, 0.15) is 36.2 Å². The summed E-state index contributed by atoms with van der Waals surface area (Å²) >= 11 is 0. The number of nitrogens with zero attached hydrogens (tertiary/aromatic N) is 3. The molecule has 2 heterocycles. The minimum Gasteiger partial charge on any atom is -0.464 e. The highest BCUT2D eigenvalue weighted by atomic mass is 16.5. The Hall–Kier alpha value is -1.69. The number of ether oxygens (including phenoxy) is 1. The Kier molecular flexibility index (Phi) is 4.34. The third-order valence-corrected chi connectivity index (χ3v) is 4.18. The van der Waals surface area contributed by atoms with Crippen LogP contribution in [0.25, 0.3) is 0 Å². The van der Waals surface area contributed by atoms with Gasteiger partial charge < -0.3 is 15.0 Å². The van der Waals surface area contributed by atoms with E-state index in [-0.39, 0.29) is 5.69 Å². The molecule has 1 saturated heterocycles. The number of anilines is 1. The summed E-state index contributed by atoms with van der Waals surface area (Å²) in [7, 11) is 1.35. The molecule has 1 atom stereocenters. The van der Waals surface area contributed by atoms with Crippen LogP contribution in [-0.4, -0.2) is 49.0 Å². The minimum absolute atomic E-state index is 0.260. The Balaban J connectivity index is 1.69. The van der Waals surface area contributed by atoms with Gasteiger partial charge in [-0.25, -0.2) is 4.79 Å². The zero-order valence-corrected chi connectivity index (χ0v) is 12.4. The first-order chi connectivity index (χ1) is 10.3. The Labute approximate surface area is 124 Å². The number of nitrogens with one attached hydrogen (secondary N) is 1. The van der Waals surface area contributed by atoms with Gasteiger partial charge in [0.25, 0.3) is 0 Å². The highest BCUT2D eigenvalue weighted by molar-refractivity contribution is 5.86. The number of hydrogen-bond acceptors (Lipinski definition) is 6. The molecule has 0 radical (unpaired) electrons. The lowest BCUT2D eigenvalue weighted by Gasteiger charge is -2.30. The molecular weight excluding hydrogens is 268 g/mol. The van der Waals surface area contributed by atoms with Gasteiger partial charge in [-0.15, -0.1) is 10.2 Å². The van der Waals surface area contributed by atoms with Crippen LogP contribution in [0.4, 0.5) is 5.82 Å². The van der Waals surface area contributed by atoms with Crippen molar-refractivity contribution in [3.8, 4) is 0 Å². The average molecular weight is 290 g/mol. The summed E-state index contributed by atoms with van der Waals surface area (Å²) in [5.41, 5.74) is 0.260. The van der Waals surface area contributed by atoms with Crippen molar-refractivity contribution in [1.82, 2.24) is 15.5 Å². The smallest absolute Gasteiger partial charge is 0.358 e. The van der Waals surface area contributed by atoms with E-state index in [1.807, 2.05) is 6.07 Å². The molecule has 1 aromatic rings. The molecular formula is C15H22N4O2. The molecule has 0 amide bonds. The minimum atomic E-state index is -0.441. The fraction of sp³-hybridized carbons (Fsp3) is 0.667. The summed E-state index contributed by atoms with van der Waals surface area (Å²) in [6.45, 7) is 3.23. The lowest BCUT2D eigenvalue weighted by Crippen LogP contribution is -2.39. The van der Waals surface area contributed by atoms with Crippen LogP contribution in [0.5, 0.6) is 0 Å². The van der Waals surface area contributed by atoms with Crippen molar-refractivity contribution >= 4 is 11.8 Å². The molecule has 1 saturated carbocycles. The number of piperidine rings is 1. The molecule has 0 bridgehead atoms. The van der Waals surface area contributed by atoms with Gasteiger partial charge in [0, 0.05) is 12.6 Å². The van der Waals surface area contributed by atoms with Crippen LogP contribution in [0, 0.1) is 5.92 Å². The molecule has 1 N–H and O–H groups in total. The molecule has 21 heavy (non-hydrogen) atoms. The zero-order chi connectivity index (χ0) is 14.7. The van der Waals surface area contributed by atoms with Crippen molar-refractivity contribution < 1.29 is 9.53 Å². The first kappa shape index (κ1) is 14.3. The largest absolute Gasteiger partial charge is 0.464 e. The van der Waals surface area contributed by atoms with E-state index in [9.17, 15) is 4.79 Å². The molecule has 6 nitrogen and oxygen atoms in total. The quantitative estimate of drug-likeness (QED) is 0.823. The van der Waals surface area contributed by atoms with Crippen molar-refractivity contribution in [1.29, 1.82) is 0 Å². The Morgan fingerprint density at radius 2 is 2.24 bits per heavy atom. The summed E-state index contributed by atoms with van der Waals surface area (Å²) in [4.78, 5) is 13.8. The van der Waals surface area contributed by atoms with E-state index in [4.69, 9.17) is 0 Å². The first-order valence-corrected chi connectivity index (χ1v) is 7.67. The average Bonchev–Trinajstić information content (AvgIpc) is 3.38. The highest BCUT2D eigenvalue weighted by Crippen LogP contribution is 2.31. The molecule has 6 heteroatoms. The van der Waals surface area contributed by atoms with Gasteiger partial charge >= 0.3 is 5.97 Å². The Morgan fingerprint density at radius 3 is 2.81 bits per heavy atom. The molecule has 1 aliphatic heterocycles. The van der Waals surface area contributed by atoms with Gasteiger partial charge in [0.2, 0.25) is 0 Å². The maximum Gasteiger partial charge on any atom is 0.358 e. The van der Waals surface area contributed by atoms with Crippen LogP contribution in [0.3, 0.4) is 0 Å². The predicted octanol–water partition coefficient (Wildman–Crippen LogP) is 1.23. The number of methoxy groups -OCH3 is 1. The van der Waals surface area contributed by atoms with Crippen LogP contribution >= 0.6 is 0 Å². The Morgan fingerprint density at radius 1 is 1.38 bits per heavy atom. The number of aromatic nitrogens is 2. The number of rotatable bonds is 5. The second-order valence-electron chi connectivity index (χ2n) is 5.86. The van der Waals surface area contributed by atoms with Gasteiger partial charge in [-0.05, 0) is 56.8 Å². The first-order valence-electron chi connectivity index (χ1n) is 7.67. The van der Waals surface area contributed by atoms with Crippen molar-refractivity contribution in [3.05, 3.63) is 17.8 Å². The summed E-state index contributed by atoms with van der Waals surface area (Å²) in [6.07, 6.45) is 4.96. The lowest BCUT2D eigenvalue weighted by atomic mass is 9.99. The molecule has 1 aromatic heterocycles. The molecule has 114 valence electrons. The summed E-state index contributed by atoms with van der Waals surface area (Å²) in [5, 5.41) is 11.7. The van der Waals surface area contributed by atoms with Gasteiger partial charge in [0.05, 0.1) is 7.11 Å². The van der Waals surface area contributed by atoms with Crippen molar-refractivity contribution in [3.63, 3.8) is 0 Å². The number of esters is 1. The Bertz CT molecular complexity index is 481. The van der Waals surface area contributed by atoms with Crippen molar-refractivity contribution in [2.24, 2.45) is 5.92 Å². The molecule has 1 aliphatic carbocycles. The highest BCUT2D eigenvalue weighted by Gasteiger charge is 2.32. The van der Waals surface area contributed by atoms with Gasteiger partial charge in [0.1, 0.15) is 0 Å². The van der Waals surface area contributed by atoms with E-state index in [0.717, 1.165) is 25.5 Å². The molecule has 0 spiro atoms. The SMILES string of the molecule is COC(=O)c1ccc(N(CC2CCCNC2)C2CC2)nn1. The normalized spacial score (nSPS) is 21.9. The topological polar surface area (TPSA) is 67.3 Å². The third-order valence-electron chi connectivity index (χ3n) is 4.18. The van der Waals surface area contributed by atoms with Crippen LogP contribution in [-0.2, 0) is 4.74 Å². The van der Waals surface area contributed by atoms with Crippen molar-refractivity contribution in [2.45, 2.75) is 31.7 Å². The third kappa shape index (κ3) is 3.50. The van der Waals surface area contributed by atoms with E-state index in [0.29, 0.717) is 12.0 Å². The fourth-order valence-electron chi connectivity index (χ4n) is 2.87. The zero-order valence-electron chi connectivity index (χ0n) is 12.4. The number of carbonyl (C=O) groups is 1. The molecule has 0 aromatic carbocycles. The van der Waals surface area contributed by atoms with E-state index >= 15 is 0 Å². The van der Waals surface area contributed by atoms with Gasteiger partial charge in [-0.1, -0.05) is 0 Å². The second-order valence-corrected chi connectivity index (χ2v) is 5.86. The molecule has 3 rings (SSSR count). The number of hydrogen-bond donors (Lipinski definition) is 1. The standard InChI is InChI=1S/C15H22N4O2/c1-21-15(20)13-6-7-14(18-17-13)19(12-4-5-12)10-11-3-2-8-16-9-11/h6-7,11-12,16H,2-5,8-10H2,1H3. The summed E-state index contributed by atoms with van der Waals surface area (Å²) in [5.74, 6) is 1.10. The van der Waals surface area contributed by atoms with Crippen LogP contribution in [0.15, 0.2) is 12.1 Å². The van der Waals surface area contributed by atoms with E-state index in [1.165, 1.54) is 32.8 Å². The van der Waals surface area contributed by atoms with Crippen LogP contribution in [0.2, 0.25) is 0 Å². The van der Waals surface area contributed by atoms with E-state index < -0.39 is 5.97 Å². The van der Waals surface area contributed by atoms with E-state index in [2.05, 4.69) is 25.2 Å². The van der Waals surface area contributed by atoms with Gasteiger partial charge in [-0.3, -0.25) is 0 Å². The molecule has 2 fully saturated rings. The maximum atomic E-state index is 11.4. The summed E-state index contributed by atoms with van der Waals surface area (Å²) < 4.78 is 4.65. The fourth-order valence-corrected chi connectivity index (χ4v) is 2.87. The maximum absolute atomic E-state index is 11.4. The van der Waals surface area contributed by atoms with Crippen molar-refractivity contribution in [2.75, 3.05) is 31.6 Å². The number of carbonyl (C=O) groups excluding carboxylic acids is 1.